The van der Waals surface area contributed by atoms with Crippen molar-refractivity contribution < 1.29 is 9.53 Å². The molecule has 0 atom stereocenters. The Bertz CT molecular complexity index is 1470. The highest BCUT2D eigenvalue weighted by Gasteiger charge is 2.21. The second-order valence-electron chi connectivity index (χ2n) is 7.82. The fraction of sp³-hybridized carbons (Fsp3) is 0.429. The molecule has 168 valence electrons. The molecule has 32 heavy (non-hydrogen) atoms. The number of imidazole rings is 1. The highest BCUT2D eigenvalue weighted by molar-refractivity contribution is 6.03. The first kappa shape index (κ1) is 21.5. The normalized spacial score (nSPS) is 11.5. The minimum Gasteiger partial charge on any atom is -0.454 e. The van der Waals surface area contributed by atoms with Crippen LogP contribution in [0.3, 0.4) is 0 Å². The van der Waals surface area contributed by atoms with Gasteiger partial charge in [0.15, 0.2) is 16.8 Å². The molecule has 4 aromatic rings. The molecule has 4 heterocycles. The minimum atomic E-state index is -0.541. The van der Waals surface area contributed by atoms with Gasteiger partial charge in [0.25, 0.3) is 5.56 Å². The van der Waals surface area contributed by atoms with Crippen LogP contribution in [0.5, 0.6) is 0 Å². The molecule has 0 aliphatic heterocycles. The lowest BCUT2D eigenvalue weighted by Crippen LogP contribution is -2.31. The number of H-pyrrole nitrogens is 1. The lowest BCUT2D eigenvalue weighted by molar-refractivity contribution is 0.0461. The number of aryl methyl sites for hydroxylation is 5. The predicted molar refractivity (Wildman–Crippen MR) is 118 cm³/mol. The fourth-order valence-corrected chi connectivity index (χ4v) is 3.88. The number of aromatic amines is 1. The Hall–Kier alpha value is -3.76. The third-order valence-electron chi connectivity index (χ3n) is 5.49. The molecule has 0 aromatic carbocycles. The Morgan fingerprint density at radius 1 is 1.16 bits per heavy atom. The van der Waals surface area contributed by atoms with E-state index in [1.165, 1.54) is 4.57 Å². The van der Waals surface area contributed by atoms with Crippen molar-refractivity contribution in [2.45, 2.75) is 46.8 Å². The molecule has 0 aliphatic carbocycles. The summed E-state index contributed by atoms with van der Waals surface area (Å²) in [6.45, 7) is 5.90. The smallest absolute Gasteiger partial charge is 0.339 e. The van der Waals surface area contributed by atoms with Crippen LogP contribution in [0.25, 0.3) is 22.2 Å². The van der Waals surface area contributed by atoms with Crippen molar-refractivity contribution in [3.63, 3.8) is 0 Å². The first-order valence-corrected chi connectivity index (χ1v) is 10.4. The minimum absolute atomic E-state index is 0.159. The summed E-state index contributed by atoms with van der Waals surface area (Å²) >= 11 is 0. The molecule has 0 saturated heterocycles. The number of ether oxygens (including phenoxy) is 1. The molecule has 4 rings (SSSR count). The molecule has 11 nitrogen and oxygen atoms in total. The number of fused-ring (bicyclic) bond motifs is 2. The first-order chi connectivity index (χ1) is 15.2. The topological polar surface area (TPSA) is 130 Å². The summed E-state index contributed by atoms with van der Waals surface area (Å²) in [5.41, 5.74) is 1.83. The standard InChI is InChI=1S/C21H25N7O4/c1-6-7-8-28-18-16(19(29)24-21(28)31)26(4)14(23-18)10-32-20(30)13-9-11(2)22-17-15(13)12(3)25-27(17)5/h9H,6-8,10H2,1-5H3,(H,24,29,31). The lowest BCUT2D eigenvalue weighted by atomic mass is 10.1. The van der Waals surface area contributed by atoms with E-state index in [0.717, 1.165) is 12.8 Å². The van der Waals surface area contributed by atoms with E-state index in [9.17, 15) is 14.4 Å². The van der Waals surface area contributed by atoms with E-state index >= 15 is 0 Å². The number of esters is 1. The van der Waals surface area contributed by atoms with Crippen LogP contribution < -0.4 is 11.2 Å². The third-order valence-corrected chi connectivity index (χ3v) is 5.49. The Kier molecular flexibility index (Phi) is 5.41. The number of pyridine rings is 1. The number of aromatic nitrogens is 7. The van der Waals surface area contributed by atoms with Crippen molar-refractivity contribution in [1.82, 2.24) is 33.9 Å². The van der Waals surface area contributed by atoms with Crippen molar-refractivity contribution >= 4 is 28.2 Å². The summed E-state index contributed by atoms with van der Waals surface area (Å²) in [5.74, 6) is -0.180. The summed E-state index contributed by atoms with van der Waals surface area (Å²) in [6.07, 6.45) is 1.65. The molecular weight excluding hydrogens is 414 g/mol. The second kappa shape index (κ2) is 8.06. The maximum atomic E-state index is 13.0. The van der Waals surface area contributed by atoms with Gasteiger partial charge in [-0.25, -0.2) is 19.6 Å². The van der Waals surface area contributed by atoms with Gasteiger partial charge >= 0.3 is 11.7 Å². The van der Waals surface area contributed by atoms with E-state index in [1.54, 1.807) is 36.3 Å². The van der Waals surface area contributed by atoms with Crippen molar-refractivity contribution in [3.8, 4) is 0 Å². The number of nitrogens with one attached hydrogen (secondary N) is 1. The number of carbonyl (C=O) groups excluding carboxylic acids is 1. The maximum Gasteiger partial charge on any atom is 0.339 e. The van der Waals surface area contributed by atoms with E-state index in [0.29, 0.717) is 40.4 Å². The number of hydrogen-bond donors (Lipinski definition) is 1. The van der Waals surface area contributed by atoms with E-state index in [1.807, 2.05) is 13.8 Å². The molecular formula is C21H25N7O4. The average Bonchev–Trinajstić information content (AvgIpc) is 3.21. The monoisotopic (exact) mass is 439 g/mol. The van der Waals surface area contributed by atoms with Gasteiger partial charge in [-0.2, -0.15) is 5.10 Å². The molecule has 0 bridgehead atoms. The lowest BCUT2D eigenvalue weighted by Gasteiger charge is -2.07. The molecule has 0 saturated carbocycles. The Morgan fingerprint density at radius 2 is 1.91 bits per heavy atom. The quantitative estimate of drug-likeness (QED) is 0.450. The summed E-state index contributed by atoms with van der Waals surface area (Å²) in [4.78, 5) is 48.9. The van der Waals surface area contributed by atoms with Gasteiger partial charge in [-0.05, 0) is 26.3 Å². The van der Waals surface area contributed by atoms with Crippen LogP contribution in [0.1, 0.15) is 47.3 Å². The Morgan fingerprint density at radius 3 is 2.62 bits per heavy atom. The highest BCUT2D eigenvalue weighted by atomic mass is 16.5. The number of carbonyl (C=O) groups is 1. The maximum absolute atomic E-state index is 13.0. The zero-order valence-corrected chi connectivity index (χ0v) is 18.7. The zero-order chi connectivity index (χ0) is 23.2. The van der Waals surface area contributed by atoms with E-state index in [4.69, 9.17) is 4.74 Å². The molecule has 0 radical (unpaired) electrons. The van der Waals surface area contributed by atoms with Crippen LogP contribution in [0, 0.1) is 13.8 Å². The SMILES string of the molecule is CCCCn1c(=O)[nH]c(=O)c2c1nc(COC(=O)c1cc(C)nc3c1c(C)nn3C)n2C. The molecule has 1 N–H and O–H groups in total. The van der Waals surface area contributed by atoms with Crippen molar-refractivity contribution in [1.29, 1.82) is 0 Å². The Labute approximate surface area is 182 Å². The molecule has 0 spiro atoms. The van der Waals surface area contributed by atoms with Gasteiger partial charge in [0.2, 0.25) is 0 Å². The zero-order valence-electron chi connectivity index (χ0n) is 18.7. The molecule has 0 fully saturated rings. The van der Waals surface area contributed by atoms with Crippen LogP contribution in [-0.2, 0) is 32.0 Å². The summed E-state index contributed by atoms with van der Waals surface area (Å²) in [5, 5.41) is 4.98. The molecule has 0 aliphatic rings. The largest absolute Gasteiger partial charge is 0.454 e. The van der Waals surface area contributed by atoms with Crippen LogP contribution in [-0.4, -0.2) is 39.8 Å². The van der Waals surface area contributed by atoms with Gasteiger partial charge in [0.1, 0.15) is 12.4 Å². The van der Waals surface area contributed by atoms with Gasteiger partial charge in [-0.1, -0.05) is 13.3 Å². The van der Waals surface area contributed by atoms with E-state index < -0.39 is 17.2 Å². The molecule has 11 heteroatoms. The number of hydrogen-bond acceptors (Lipinski definition) is 7. The van der Waals surface area contributed by atoms with Crippen molar-refractivity contribution in [2.24, 2.45) is 14.1 Å². The average molecular weight is 439 g/mol. The highest BCUT2D eigenvalue weighted by Crippen LogP contribution is 2.23. The van der Waals surface area contributed by atoms with Gasteiger partial charge in [-0.15, -0.1) is 0 Å². The fourth-order valence-electron chi connectivity index (χ4n) is 3.88. The summed E-state index contributed by atoms with van der Waals surface area (Å²) in [6, 6.07) is 1.67. The summed E-state index contributed by atoms with van der Waals surface area (Å²) in [7, 11) is 3.42. The molecule has 0 amide bonds. The first-order valence-electron chi connectivity index (χ1n) is 10.4. The van der Waals surface area contributed by atoms with Crippen LogP contribution >= 0.6 is 0 Å². The predicted octanol–water partition coefficient (Wildman–Crippen LogP) is 1.48. The van der Waals surface area contributed by atoms with E-state index in [2.05, 4.69) is 20.1 Å². The van der Waals surface area contributed by atoms with Crippen molar-refractivity contribution in [3.05, 3.63) is 49.7 Å². The van der Waals surface area contributed by atoms with Gasteiger partial charge < -0.3 is 9.30 Å². The van der Waals surface area contributed by atoms with Crippen LogP contribution in [0.2, 0.25) is 0 Å². The van der Waals surface area contributed by atoms with Gasteiger partial charge in [0.05, 0.1) is 16.6 Å². The van der Waals surface area contributed by atoms with E-state index in [-0.39, 0.29) is 17.8 Å². The number of rotatable bonds is 6. The second-order valence-corrected chi connectivity index (χ2v) is 7.82. The summed E-state index contributed by atoms with van der Waals surface area (Å²) < 4.78 is 10.2. The molecule has 0 unspecified atom stereocenters. The van der Waals surface area contributed by atoms with Gasteiger partial charge in [0, 0.05) is 26.3 Å². The van der Waals surface area contributed by atoms with Crippen molar-refractivity contribution in [2.75, 3.05) is 0 Å². The van der Waals surface area contributed by atoms with Gasteiger partial charge in [-0.3, -0.25) is 19.0 Å². The molecule has 4 aromatic heterocycles. The number of nitrogens with zero attached hydrogens (tertiary/aromatic N) is 6. The number of unbranched alkanes of at least 4 members (excludes halogenated alkanes) is 1. The van der Waals surface area contributed by atoms with Crippen LogP contribution in [0.4, 0.5) is 0 Å². The third kappa shape index (κ3) is 3.49. The Balaban J connectivity index is 1.70. The van der Waals surface area contributed by atoms with Crippen LogP contribution in [0.15, 0.2) is 15.7 Å².